The number of hydrogen-bond acceptors (Lipinski definition) is 5. The lowest BCUT2D eigenvalue weighted by atomic mass is 10.1. The van der Waals surface area contributed by atoms with Crippen LogP contribution in [0.3, 0.4) is 0 Å². The summed E-state index contributed by atoms with van der Waals surface area (Å²) in [5, 5.41) is 3.34. The van der Waals surface area contributed by atoms with Crippen LogP contribution in [0.4, 0.5) is 11.8 Å². The van der Waals surface area contributed by atoms with Gasteiger partial charge >= 0.3 is 0 Å². The zero-order valence-corrected chi connectivity index (χ0v) is 16.4. The fraction of sp³-hybridized carbons (Fsp3) is 0.125. The molecular formula is C24H23N5. The predicted molar refractivity (Wildman–Crippen MR) is 118 cm³/mol. The molecule has 0 atom stereocenters. The van der Waals surface area contributed by atoms with E-state index in [2.05, 4.69) is 58.6 Å². The van der Waals surface area contributed by atoms with Gasteiger partial charge in [0.2, 0.25) is 5.95 Å². The van der Waals surface area contributed by atoms with Gasteiger partial charge in [-0.2, -0.15) is 4.98 Å². The maximum Gasteiger partial charge on any atom is 0.225 e. The summed E-state index contributed by atoms with van der Waals surface area (Å²) in [6.07, 6.45) is 3.61. The largest absolute Gasteiger partial charge is 0.355 e. The maximum atomic E-state index is 4.75. The summed E-state index contributed by atoms with van der Waals surface area (Å²) in [5.74, 6) is 1.47. The molecule has 0 aliphatic carbocycles. The van der Waals surface area contributed by atoms with Crippen LogP contribution < -0.4 is 10.2 Å². The topological polar surface area (TPSA) is 53.9 Å². The van der Waals surface area contributed by atoms with Gasteiger partial charge in [0.1, 0.15) is 5.82 Å². The molecule has 144 valence electrons. The van der Waals surface area contributed by atoms with Crippen LogP contribution in [0.15, 0.2) is 91.3 Å². The van der Waals surface area contributed by atoms with Crippen molar-refractivity contribution in [3.8, 4) is 11.3 Å². The summed E-state index contributed by atoms with van der Waals surface area (Å²) in [6, 6.07) is 26.6. The van der Waals surface area contributed by atoms with Crippen LogP contribution in [0.1, 0.15) is 11.1 Å². The van der Waals surface area contributed by atoms with Crippen molar-refractivity contribution in [2.45, 2.75) is 13.1 Å². The van der Waals surface area contributed by atoms with E-state index in [9.17, 15) is 0 Å². The smallest absolute Gasteiger partial charge is 0.225 e. The van der Waals surface area contributed by atoms with Crippen molar-refractivity contribution in [3.63, 3.8) is 0 Å². The molecule has 29 heavy (non-hydrogen) atoms. The summed E-state index contributed by atoms with van der Waals surface area (Å²) in [7, 11) is 2.05. The second-order valence-corrected chi connectivity index (χ2v) is 6.86. The molecular weight excluding hydrogens is 358 g/mol. The molecule has 5 nitrogen and oxygen atoms in total. The Labute approximate surface area is 171 Å². The summed E-state index contributed by atoms with van der Waals surface area (Å²) >= 11 is 0. The molecule has 0 aliphatic heterocycles. The molecule has 2 heterocycles. The molecule has 4 aromatic rings. The number of aromatic nitrogens is 3. The minimum atomic E-state index is 0.602. The van der Waals surface area contributed by atoms with Crippen molar-refractivity contribution in [2.75, 3.05) is 17.3 Å². The first-order valence-corrected chi connectivity index (χ1v) is 9.60. The van der Waals surface area contributed by atoms with Gasteiger partial charge in [0.25, 0.3) is 0 Å². The van der Waals surface area contributed by atoms with E-state index >= 15 is 0 Å². The molecule has 4 rings (SSSR count). The molecule has 0 amide bonds. The maximum absolute atomic E-state index is 4.75. The zero-order valence-electron chi connectivity index (χ0n) is 16.4. The average Bonchev–Trinajstić information content (AvgIpc) is 2.79. The zero-order chi connectivity index (χ0) is 19.9. The Bertz CT molecular complexity index is 1040. The van der Waals surface area contributed by atoms with Gasteiger partial charge < -0.3 is 10.2 Å². The van der Waals surface area contributed by atoms with Crippen LogP contribution >= 0.6 is 0 Å². The highest BCUT2D eigenvalue weighted by molar-refractivity contribution is 5.64. The highest BCUT2D eigenvalue weighted by atomic mass is 15.2. The van der Waals surface area contributed by atoms with E-state index in [0.29, 0.717) is 12.5 Å². The van der Waals surface area contributed by atoms with Gasteiger partial charge in [-0.3, -0.25) is 4.98 Å². The van der Waals surface area contributed by atoms with Crippen molar-refractivity contribution in [3.05, 3.63) is 102 Å². The quantitative estimate of drug-likeness (QED) is 0.499. The summed E-state index contributed by atoms with van der Waals surface area (Å²) in [5.41, 5.74) is 4.28. The fourth-order valence-corrected chi connectivity index (χ4v) is 3.09. The Morgan fingerprint density at radius 2 is 1.55 bits per heavy atom. The number of benzene rings is 2. The van der Waals surface area contributed by atoms with Gasteiger partial charge in [0, 0.05) is 44.2 Å². The second kappa shape index (κ2) is 8.97. The highest BCUT2D eigenvalue weighted by Gasteiger charge is 2.11. The van der Waals surface area contributed by atoms with Crippen molar-refractivity contribution in [1.82, 2.24) is 15.0 Å². The molecule has 0 bridgehead atoms. The van der Waals surface area contributed by atoms with E-state index in [1.807, 2.05) is 48.7 Å². The first-order chi connectivity index (χ1) is 14.3. The summed E-state index contributed by atoms with van der Waals surface area (Å²) in [4.78, 5) is 15.8. The van der Waals surface area contributed by atoms with E-state index in [1.165, 1.54) is 5.56 Å². The number of anilines is 2. The third kappa shape index (κ3) is 4.96. The third-order valence-electron chi connectivity index (χ3n) is 4.61. The molecule has 0 radical (unpaired) electrons. The number of nitrogens with zero attached hydrogens (tertiary/aromatic N) is 4. The Hall–Kier alpha value is -3.73. The molecule has 0 fully saturated rings. The fourth-order valence-electron chi connectivity index (χ4n) is 3.09. The van der Waals surface area contributed by atoms with E-state index in [4.69, 9.17) is 9.97 Å². The average molecular weight is 381 g/mol. The normalized spacial score (nSPS) is 10.5. The van der Waals surface area contributed by atoms with Crippen molar-refractivity contribution >= 4 is 11.8 Å². The molecule has 0 spiro atoms. The van der Waals surface area contributed by atoms with Crippen molar-refractivity contribution in [2.24, 2.45) is 0 Å². The van der Waals surface area contributed by atoms with Crippen LogP contribution in [0.2, 0.25) is 0 Å². The van der Waals surface area contributed by atoms with Crippen LogP contribution in [-0.4, -0.2) is 22.0 Å². The lowest BCUT2D eigenvalue weighted by Crippen LogP contribution is -2.19. The van der Waals surface area contributed by atoms with Crippen molar-refractivity contribution in [1.29, 1.82) is 0 Å². The van der Waals surface area contributed by atoms with Crippen LogP contribution in [0, 0.1) is 0 Å². The number of rotatable bonds is 7. The molecule has 1 N–H and O–H groups in total. The second-order valence-electron chi connectivity index (χ2n) is 6.86. The molecule has 0 saturated carbocycles. The van der Waals surface area contributed by atoms with Gasteiger partial charge in [0.05, 0.1) is 5.69 Å². The summed E-state index contributed by atoms with van der Waals surface area (Å²) in [6.45, 7) is 1.39. The van der Waals surface area contributed by atoms with Crippen LogP contribution in [0.5, 0.6) is 0 Å². The van der Waals surface area contributed by atoms with Gasteiger partial charge in [-0.1, -0.05) is 66.7 Å². The van der Waals surface area contributed by atoms with E-state index in [1.54, 1.807) is 6.20 Å². The van der Waals surface area contributed by atoms with E-state index in [0.717, 1.165) is 29.2 Å². The molecule has 2 aromatic heterocycles. The minimum absolute atomic E-state index is 0.602. The third-order valence-corrected chi connectivity index (χ3v) is 4.61. The first kappa shape index (κ1) is 18.6. The molecule has 0 aliphatic rings. The predicted octanol–water partition coefficient (Wildman–Crippen LogP) is 4.79. The van der Waals surface area contributed by atoms with Gasteiger partial charge in [-0.05, 0) is 17.2 Å². The van der Waals surface area contributed by atoms with E-state index in [-0.39, 0.29) is 0 Å². The van der Waals surface area contributed by atoms with Crippen LogP contribution in [0.25, 0.3) is 11.3 Å². The minimum Gasteiger partial charge on any atom is -0.355 e. The van der Waals surface area contributed by atoms with Crippen LogP contribution in [-0.2, 0) is 13.1 Å². The molecule has 5 heteroatoms. The molecule has 0 unspecified atom stereocenters. The number of nitrogens with one attached hydrogen (secondary N) is 1. The lowest BCUT2D eigenvalue weighted by molar-refractivity contribution is 0.889. The SMILES string of the molecule is CN(Cc1ccccc1)c1cc(-c2ccccc2)nc(NCc2cccnc2)n1. The van der Waals surface area contributed by atoms with Crippen molar-refractivity contribution < 1.29 is 0 Å². The Kier molecular flexibility index (Phi) is 5.76. The van der Waals surface area contributed by atoms with Gasteiger partial charge in [-0.15, -0.1) is 0 Å². The number of hydrogen-bond donors (Lipinski definition) is 1. The Morgan fingerprint density at radius 1 is 0.828 bits per heavy atom. The van der Waals surface area contributed by atoms with Gasteiger partial charge in [-0.25, -0.2) is 4.98 Å². The highest BCUT2D eigenvalue weighted by Crippen LogP contribution is 2.24. The Morgan fingerprint density at radius 3 is 2.28 bits per heavy atom. The summed E-state index contributed by atoms with van der Waals surface area (Å²) < 4.78 is 0. The number of pyridine rings is 1. The lowest BCUT2D eigenvalue weighted by Gasteiger charge is -2.20. The Balaban J connectivity index is 1.62. The van der Waals surface area contributed by atoms with Gasteiger partial charge in [0.15, 0.2) is 0 Å². The first-order valence-electron chi connectivity index (χ1n) is 9.60. The molecule has 0 saturated heterocycles. The molecule has 2 aromatic carbocycles. The van der Waals surface area contributed by atoms with E-state index < -0.39 is 0 Å². The standard InChI is InChI=1S/C24H23N5/c1-29(18-19-9-4-2-5-10-19)23-15-22(21-12-6-3-7-13-21)27-24(28-23)26-17-20-11-8-14-25-16-20/h2-16H,17-18H2,1H3,(H,26,27,28). The monoisotopic (exact) mass is 381 g/mol.